The summed E-state index contributed by atoms with van der Waals surface area (Å²) in [5, 5.41) is 10.9. The molecule has 1 atom stereocenters. The van der Waals surface area contributed by atoms with Gasteiger partial charge in [-0.1, -0.05) is 0 Å². The van der Waals surface area contributed by atoms with Crippen LogP contribution in [0.15, 0.2) is 0 Å². The molecule has 1 saturated heterocycles. The monoisotopic (exact) mass is 417 g/mol. The number of carbonyl (C=O) groups excluding carboxylic acids is 5. The van der Waals surface area contributed by atoms with E-state index in [1.165, 1.54) is 27.7 Å². The Bertz CT molecular complexity index is 636. The van der Waals surface area contributed by atoms with Gasteiger partial charge in [-0.25, -0.2) is 19.2 Å². The van der Waals surface area contributed by atoms with Gasteiger partial charge in [0.25, 0.3) is 5.54 Å². The van der Waals surface area contributed by atoms with Crippen molar-refractivity contribution in [1.82, 2.24) is 4.90 Å². The lowest BCUT2D eigenvalue weighted by atomic mass is 9.80. The van der Waals surface area contributed by atoms with Gasteiger partial charge in [0, 0.05) is 0 Å². The number of rotatable bonds is 9. The van der Waals surface area contributed by atoms with Crippen molar-refractivity contribution in [3.8, 4) is 0 Å². The van der Waals surface area contributed by atoms with E-state index in [0.717, 1.165) is 6.92 Å². The molecule has 0 bridgehead atoms. The first-order valence-electron chi connectivity index (χ1n) is 9.28. The van der Waals surface area contributed by atoms with Crippen LogP contribution >= 0.6 is 0 Å². The molecule has 1 unspecified atom stereocenters. The molecule has 1 rings (SSSR count). The Labute approximate surface area is 168 Å². The van der Waals surface area contributed by atoms with E-state index in [-0.39, 0.29) is 26.4 Å². The van der Waals surface area contributed by atoms with E-state index in [9.17, 15) is 29.1 Å². The molecule has 29 heavy (non-hydrogen) atoms. The van der Waals surface area contributed by atoms with Gasteiger partial charge in [-0.05, 0) is 34.6 Å². The smallest absolute Gasteiger partial charge is 0.347 e. The maximum absolute atomic E-state index is 12.9. The number of aliphatic hydroxyl groups is 1. The second-order valence-corrected chi connectivity index (χ2v) is 6.27. The number of ether oxygens (including phenoxy) is 4. The summed E-state index contributed by atoms with van der Waals surface area (Å²) in [6.45, 7) is 6.15. The molecule has 0 aromatic heterocycles. The zero-order chi connectivity index (χ0) is 22.4. The summed E-state index contributed by atoms with van der Waals surface area (Å²) in [6.07, 6.45) is -0.750. The van der Waals surface area contributed by atoms with Gasteiger partial charge in [-0.3, -0.25) is 9.69 Å². The van der Waals surface area contributed by atoms with Crippen LogP contribution in [0.5, 0.6) is 0 Å². The van der Waals surface area contributed by atoms with Crippen LogP contribution in [0.2, 0.25) is 0 Å². The first kappa shape index (κ1) is 24.3. The standard InChI is InChI=1S/C18H27NO10/c1-6-26-13(21)12(14(22)27-7-2)19-11(20)10-17(5,25)18(19,15(23)28-8-3)16(24)29-9-4/h12,25H,6-10H2,1-5H3. The van der Waals surface area contributed by atoms with Crippen LogP contribution in [0.25, 0.3) is 0 Å². The van der Waals surface area contributed by atoms with E-state index in [4.69, 9.17) is 18.9 Å². The number of amides is 1. The van der Waals surface area contributed by atoms with Crippen molar-refractivity contribution in [2.24, 2.45) is 0 Å². The van der Waals surface area contributed by atoms with Crippen LogP contribution in [0.4, 0.5) is 0 Å². The average Bonchev–Trinajstić information content (AvgIpc) is 2.82. The highest BCUT2D eigenvalue weighted by Gasteiger charge is 2.74. The fourth-order valence-corrected chi connectivity index (χ4v) is 3.23. The van der Waals surface area contributed by atoms with E-state index in [1.54, 1.807) is 0 Å². The van der Waals surface area contributed by atoms with Gasteiger partial charge in [-0.15, -0.1) is 0 Å². The predicted octanol–water partition coefficient (Wildman–Crippen LogP) is -0.670. The number of nitrogens with zero attached hydrogens (tertiary/aromatic N) is 1. The molecular formula is C18H27NO10. The fourth-order valence-electron chi connectivity index (χ4n) is 3.23. The van der Waals surface area contributed by atoms with Gasteiger partial charge in [0.15, 0.2) is 0 Å². The van der Waals surface area contributed by atoms with Crippen LogP contribution < -0.4 is 0 Å². The normalized spacial score (nSPS) is 20.4. The lowest BCUT2D eigenvalue weighted by Crippen LogP contribution is -2.72. The van der Waals surface area contributed by atoms with Crippen molar-refractivity contribution < 1.29 is 48.0 Å². The highest BCUT2D eigenvalue weighted by molar-refractivity contribution is 6.15. The molecule has 0 radical (unpaired) electrons. The van der Waals surface area contributed by atoms with Crippen molar-refractivity contribution >= 4 is 29.8 Å². The van der Waals surface area contributed by atoms with Crippen LogP contribution in [0, 0.1) is 0 Å². The second kappa shape index (κ2) is 9.68. The summed E-state index contributed by atoms with van der Waals surface area (Å²) in [5.74, 6) is -6.16. The van der Waals surface area contributed by atoms with Gasteiger partial charge in [-0.2, -0.15) is 0 Å². The summed E-state index contributed by atoms with van der Waals surface area (Å²) in [4.78, 5) is 64.2. The molecule has 1 N–H and O–H groups in total. The Morgan fingerprint density at radius 1 is 0.897 bits per heavy atom. The first-order chi connectivity index (χ1) is 13.6. The molecule has 1 amide bonds. The van der Waals surface area contributed by atoms with Crippen molar-refractivity contribution in [1.29, 1.82) is 0 Å². The Hall–Kier alpha value is -2.69. The summed E-state index contributed by atoms with van der Waals surface area (Å²) in [6, 6.07) is -2.12. The van der Waals surface area contributed by atoms with Gasteiger partial charge in [0.2, 0.25) is 11.9 Å². The summed E-state index contributed by atoms with van der Waals surface area (Å²) in [5.41, 5.74) is -5.15. The molecule has 0 aromatic carbocycles. The molecule has 1 heterocycles. The molecule has 11 heteroatoms. The van der Waals surface area contributed by atoms with E-state index >= 15 is 0 Å². The van der Waals surface area contributed by atoms with Crippen molar-refractivity contribution in [2.75, 3.05) is 26.4 Å². The average molecular weight is 417 g/mol. The molecule has 11 nitrogen and oxygen atoms in total. The van der Waals surface area contributed by atoms with E-state index in [0.29, 0.717) is 4.90 Å². The number of esters is 4. The highest BCUT2D eigenvalue weighted by atomic mass is 16.6. The molecule has 0 spiro atoms. The zero-order valence-corrected chi connectivity index (χ0v) is 17.2. The van der Waals surface area contributed by atoms with Crippen molar-refractivity contribution in [2.45, 2.75) is 58.2 Å². The Morgan fingerprint density at radius 2 is 1.28 bits per heavy atom. The third-order valence-electron chi connectivity index (χ3n) is 4.32. The molecule has 1 aliphatic heterocycles. The minimum absolute atomic E-state index is 0.154. The van der Waals surface area contributed by atoms with Gasteiger partial charge >= 0.3 is 23.9 Å². The Kier molecular flexibility index (Phi) is 8.13. The lowest BCUT2D eigenvalue weighted by molar-refractivity contribution is -0.195. The Morgan fingerprint density at radius 3 is 1.62 bits per heavy atom. The van der Waals surface area contributed by atoms with Crippen LogP contribution in [0.1, 0.15) is 41.0 Å². The lowest BCUT2D eigenvalue weighted by Gasteiger charge is -2.41. The van der Waals surface area contributed by atoms with Crippen molar-refractivity contribution in [3.63, 3.8) is 0 Å². The number of hydrogen-bond acceptors (Lipinski definition) is 10. The number of carbonyl (C=O) groups is 5. The maximum atomic E-state index is 12.9. The highest BCUT2D eigenvalue weighted by Crippen LogP contribution is 2.43. The third kappa shape index (κ3) is 4.19. The first-order valence-corrected chi connectivity index (χ1v) is 9.28. The minimum atomic E-state index is -2.81. The topological polar surface area (TPSA) is 146 Å². The zero-order valence-electron chi connectivity index (χ0n) is 17.2. The van der Waals surface area contributed by atoms with E-state index in [1.807, 2.05) is 0 Å². The molecule has 164 valence electrons. The summed E-state index contributed by atoms with van der Waals surface area (Å²) < 4.78 is 19.6. The molecule has 1 fully saturated rings. The van der Waals surface area contributed by atoms with Gasteiger partial charge in [0.05, 0.1) is 32.8 Å². The van der Waals surface area contributed by atoms with Gasteiger partial charge in [0.1, 0.15) is 5.60 Å². The molecule has 1 aliphatic rings. The Balaban J connectivity index is 3.78. The minimum Gasteiger partial charge on any atom is -0.464 e. The maximum Gasteiger partial charge on any atom is 0.347 e. The van der Waals surface area contributed by atoms with Crippen LogP contribution in [-0.4, -0.2) is 83.4 Å². The van der Waals surface area contributed by atoms with E-state index < -0.39 is 53.4 Å². The second-order valence-electron chi connectivity index (χ2n) is 6.27. The SMILES string of the molecule is CCOC(=O)C(C(=O)OCC)N1C(=O)CC(C)(O)C1(C(=O)OCC)C(=O)OCC. The number of hydrogen-bond donors (Lipinski definition) is 1. The molecular weight excluding hydrogens is 390 g/mol. The molecule has 0 aromatic rings. The molecule has 0 saturated carbocycles. The van der Waals surface area contributed by atoms with E-state index in [2.05, 4.69) is 0 Å². The largest absolute Gasteiger partial charge is 0.464 e. The van der Waals surface area contributed by atoms with Crippen LogP contribution in [0.3, 0.4) is 0 Å². The van der Waals surface area contributed by atoms with Crippen molar-refractivity contribution in [3.05, 3.63) is 0 Å². The predicted molar refractivity (Wildman–Crippen MR) is 95.1 cm³/mol. The third-order valence-corrected chi connectivity index (χ3v) is 4.32. The number of likely N-dealkylation sites (tertiary alicyclic amines) is 1. The fraction of sp³-hybridized carbons (Fsp3) is 0.722. The molecule has 0 aliphatic carbocycles. The quantitative estimate of drug-likeness (QED) is 0.291. The van der Waals surface area contributed by atoms with Gasteiger partial charge < -0.3 is 24.1 Å². The van der Waals surface area contributed by atoms with Crippen LogP contribution in [-0.2, 0) is 42.9 Å². The summed E-state index contributed by atoms with van der Waals surface area (Å²) >= 11 is 0. The summed E-state index contributed by atoms with van der Waals surface area (Å²) in [7, 11) is 0.